The SMILES string of the molecule is Cc1cn(CCOC(=O)N2CCC3=C(C2)SC(NC(=O)CC(C)c2cccnc2)C3C#N)cn1. The number of thioether (sulfide) groups is 1. The van der Waals surface area contributed by atoms with Crippen LogP contribution in [0.3, 0.4) is 0 Å². The normalized spacial score (nSPS) is 20.4. The molecule has 1 N–H and O–H groups in total. The Balaban J connectivity index is 1.28. The number of carbonyl (C=O) groups is 2. The zero-order valence-electron chi connectivity index (χ0n) is 19.3. The van der Waals surface area contributed by atoms with E-state index >= 15 is 0 Å². The van der Waals surface area contributed by atoms with Gasteiger partial charge in [-0.25, -0.2) is 9.78 Å². The van der Waals surface area contributed by atoms with Gasteiger partial charge in [-0.05, 0) is 36.5 Å². The number of hydrogen-bond donors (Lipinski definition) is 1. The number of amides is 2. The van der Waals surface area contributed by atoms with Gasteiger partial charge in [-0.1, -0.05) is 13.0 Å². The number of nitrogens with one attached hydrogen (secondary N) is 1. The van der Waals surface area contributed by atoms with Gasteiger partial charge in [-0.15, -0.1) is 11.8 Å². The maximum absolute atomic E-state index is 12.7. The fourth-order valence-electron chi connectivity index (χ4n) is 4.21. The summed E-state index contributed by atoms with van der Waals surface area (Å²) >= 11 is 1.47. The van der Waals surface area contributed by atoms with E-state index in [1.54, 1.807) is 23.6 Å². The van der Waals surface area contributed by atoms with Crippen molar-refractivity contribution in [3.05, 3.63) is 58.8 Å². The van der Waals surface area contributed by atoms with E-state index in [1.807, 2.05) is 36.7 Å². The fraction of sp³-hybridized carbons (Fsp3) is 0.458. The largest absolute Gasteiger partial charge is 0.448 e. The van der Waals surface area contributed by atoms with Crippen molar-refractivity contribution in [1.29, 1.82) is 5.26 Å². The molecule has 2 aliphatic heterocycles. The zero-order valence-corrected chi connectivity index (χ0v) is 20.1. The standard InChI is InChI=1S/C24H28N6O3S/c1-16(18-4-3-6-26-12-18)10-22(31)28-23-20(11-25)19-5-7-30(14-21(19)34-23)24(32)33-9-8-29-13-17(2)27-15-29/h3-4,6,12-13,15-16,20,23H,5,7-10,14H2,1-2H3,(H,28,31). The van der Waals surface area contributed by atoms with Crippen LogP contribution in [0.1, 0.15) is 36.9 Å². The van der Waals surface area contributed by atoms with E-state index in [0.29, 0.717) is 32.5 Å². The summed E-state index contributed by atoms with van der Waals surface area (Å²) in [7, 11) is 0. The average molecular weight is 481 g/mol. The quantitative estimate of drug-likeness (QED) is 0.647. The van der Waals surface area contributed by atoms with Crippen LogP contribution < -0.4 is 5.32 Å². The van der Waals surface area contributed by atoms with Gasteiger partial charge in [-0.3, -0.25) is 9.78 Å². The van der Waals surface area contributed by atoms with Gasteiger partial charge < -0.3 is 19.5 Å². The molecule has 0 radical (unpaired) electrons. The topological polar surface area (TPSA) is 113 Å². The number of imidazole rings is 1. The first-order chi connectivity index (χ1) is 16.4. The van der Waals surface area contributed by atoms with E-state index in [-0.39, 0.29) is 35.8 Å². The molecule has 3 unspecified atom stereocenters. The maximum atomic E-state index is 12.7. The Kier molecular flexibility index (Phi) is 7.53. The number of rotatable bonds is 7. The summed E-state index contributed by atoms with van der Waals surface area (Å²) in [6.07, 6.45) is 7.65. The molecule has 0 saturated heterocycles. The second-order valence-electron chi connectivity index (χ2n) is 8.59. The lowest BCUT2D eigenvalue weighted by Crippen LogP contribution is -2.38. The Morgan fingerprint density at radius 3 is 3.00 bits per heavy atom. The van der Waals surface area contributed by atoms with Crippen molar-refractivity contribution in [3.63, 3.8) is 0 Å². The first-order valence-electron chi connectivity index (χ1n) is 11.3. The third-order valence-corrected chi connectivity index (χ3v) is 7.39. The van der Waals surface area contributed by atoms with E-state index < -0.39 is 0 Å². The van der Waals surface area contributed by atoms with Gasteiger partial charge in [0.25, 0.3) is 0 Å². The van der Waals surface area contributed by atoms with Crippen LogP contribution in [0.5, 0.6) is 0 Å². The molecule has 2 amide bonds. The highest BCUT2D eigenvalue weighted by molar-refractivity contribution is 8.04. The van der Waals surface area contributed by atoms with Crippen LogP contribution in [0.25, 0.3) is 0 Å². The lowest BCUT2D eigenvalue weighted by atomic mass is 9.94. The molecule has 4 rings (SSSR count). The van der Waals surface area contributed by atoms with E-state index in [9.17, 15) is 14.9 Å². The Labute approximate surface area is 203 Å². The van der Waals surface area contributed by atoms with Crippen LogP contribution in [0.15, 0.2) is 47.5 Å². The molecule has 2 aromatic rings. The number of aryl methyl sites for hydroxylation is 1. The molecule has 2 aliphatic rings. The smallest absolute Gasteiger partial charge is 0.410 e. The minimum Gasteiger partial charge on any atom is -0.448 e. The van der Waals surface area contributed by atoms with Crippen molar-refractivity contribution in [3.8, 4) is 6.07 Å². The van der Waals surface area contributed by atoms with E-state index in [0.717, 1.165) is 21.7 Å². The first kappa shape index (κ1) is 23.8. The molecule has 178 valence electrons. The van der Waals surface area contributed by atoms with Gasteiger partial charge in [-0.2, -0.15) is 5.26 Å². The molecule has 0 aromatic carbocycles. The molecule has 10 heteroatoms. The lowest BCUT2D eigenvalue weighted by Gasteiger charge is -2.27. The Morgan fingerprint density at radius 2 is 2.29 bits per heavy atom. The molecule has 0 saturated carbocycles. The van der Waals surface area contributed by atoms with Crippen molar-refractivity contribution in [2.24, 2.45) is 5.92 Å². The number of pyridine rings is 1. The first-order valence-corrected chi connectivity index (χ1v) is 12.2. The lowest BCUT2D eigenvalue weighted by molar-refractivity contribution is -0.121. The summed E-state index contributed by atoms with van der Waals surface area (Å²) < 4.78 is 7.32. The summed E-state index contributed by atoms with van der Waals surface area (Å²) in [5, 5.41) is 12.5. The number of ether oxygens (including phenoxy) is 1. The van der Waals surface area contributed by atoms with Gasteiger partial charge in [0.05, 0.1) is 42.5 Å². The van der Waals surface area contributed by atoms with Crippen LogP contribution in [0, 0.1) is 24.2 Å². The second-order valence-corrected chi connectivity index (χ2v) is 9.83. The summed E-state index contributed by atoms with van der Waals surface area (Å²) in [5.74, 6) is -0.458. The summed E-state index contributed by atoms with van der Waals surface area (Å²) in [6.45, 7) is 5.61. The van der Waals surface area contributed by atoms with Crippen molar-refractivity contribution >= 4 is 23.8 Å². The van der Waals surface area contributed by atoms with Gasteiger partial charge in [0.15, 0.2) is 0 Å². The highest BCUT2D eigenvalue weighted by atomic mass is 32.2. The molecule has 0 spiro atoms. The molecule has 9 nitrogen and oxygen atoms in total. The third kappa shape index (κ3) is 5.59. The highest BCUT2D eigenvalue weighted by Crippen LogP contribution is 2.44. The monoisotopic (exact) mass is 480 g/mol. The molecule has 34 heavy (non-hydrogen) atoms. The van der Waals surface area contributed by atoms with Gasteiger partial charge >= 0.3 is 6.09 Å². The number of carbonyl (C=O) groups excluding carboxylic acids is 2. The number of nitriles is 1. The summed E-state index contributed by atoms with van der Waals surface area (Å²) in [6, 6.07) is 6.17. The minimum atomic E-state index is -0.389. The molecule has 3 atom stereocenters. The highest BCUT2D eigenvalue weighted by Gasteiger charge is 2.40. The Hall–Kier alpha value is -3.32. The van der Waals surface area contributed by atoms with Crippen LogP contribution in [-0.4, -0.2) is 56.5 Å². The molecular formula is C24H28N6O3S. The molecular weight excluding hydrogens is 452 g/mol. The van der Waals surface area contributed by atoms with E-state index in [1.165, 1.54) is 11.8 Å². The van der Waals surface area contributed by atoms with Gasteiger partial charge in [0.1, 0.15) is 6.61 Å². The zero-order chi connectivity index (χ0) is 24.1. The number of hydrogen-bond acceptors (Lipinski definition) is 7. The van der Waals surface area contributed by atoms with Crippen molar-refractivity contribution in [2.75, 3.05) is 19.7 Å². The Bertz CT molecular complexity index is 1110. The van der Waals surface area contributed by atoms with Crippen LogP contribution in [0.2, 0.25) is 0 Å². The summed E-state index contributed by atoms with van der Waals surface area (Å²) in [4.78, 5) is 36.2. The third-order valence-electron chi connectivity index (χ3n) is 6.07. The van der Waals surface area contributed by atoms with Crippen molar-refractivity contribution in [2.45, 2.75) is 44.5 Å². The van der Waals surface area contributed by atoms with Crippen LogP contribution in [0.4, 0.5) is 4.79 Å². The number of nitrogens with zero attached hydrogens (tertiary/aromatic N) is 5. The van der Waals surface area contributed by atoms with Crippen LogP contribution in [-0.2, 0) is 16.1 Å². The van der Waals surface area contributed by atoms with Crippen molar-refractivity contribution in [1.82, 2.24) is 24.8 Å². The predicted octanol–water partition coefficient (Wildman–Crippen LogP) is 3.21. The predicted molar refractivity (Wildman–Crippen MR) is 127 cm³/mol. The number of aromatic nitrogens is 3. The maximum Gasteiger partial charge on any atom is 0.410 e. The average Bonchev–Trinajstić information content (AvgIpc) is 3.40. The van der Waals surface area contributed by atoms with Crippen LogP contribution >= 0.6 is 11.8 Å². The van der Waals surface area contributed by atoms with E-state index in [4.69, 9.17) is 4.74 Å². The molecule has 2 aromatic heterocycles. The van der Waals surface area contributed by atoms with Gasteiger partial charge in [0.2, 0.25) is 5.91 Å². The minimum absolute atomic E-state index is 0.0275. The fourth-order valence-corrected chi connectivity index (χ4v) is 5.68. The molecule has 0 bridgehead atoms. The molecule has 0 fully saturated rings. The summed E-state index contributed by atoms with van der Waals surface area (Å²) in [5.41, 5.74) is 2.94. The van der Waals surface area contributed by atoms with E-state index in [2.05, 4.69) is 21.4 Å². The molecule has 4 heterocycles. The van der Waals surface area contributed by atoms with Gasteiger partial charge in [0, 0.05) is 36.5 Å². The Morgan fingerprint density at radius 1 is 1.44 bits per heavy atom. The van der Waals surface area contributed by atoms with Crippen molar-refractivity contribution < 1.29 is 14.3 Å². The molecule has 0 aliphatic carbocycles. The second kappa shape index (κ2) is 10.7.